The maximum absolute atomic E-state index is 12.7. The molecule has 26 heavy (non-hydrogen) atoms. The number of nitriles is 1. The molecule has 0 aliphatic heterocycles. The molecule has 0 aromatic carbocycles. The molecule has 0 fully saturated rings. The Morgan fingerprint density at radius 3 is 2.77 bits per heavy atom. The second-order valence-corrected chi connectivity index (χ2v) is 7.47. The number of thiophene rings is 1. The van der Waals surface area contributed by atoms with E-state index >= 15 is 0 Å². The van der Waals surface area contributed by atoms with E-state index in [1.54, 1.807) is 13.8 Å². The zero-order valence-electron chi connectivity index (χ0n) is 14.7. The first kappa shape index (κ1) is 19.7. The van der Waals surface area contributed by atoms with Gasteiger partial charge in [0.25, 0.3) is 0 Å². The first-order valence-corrected chi connectivity index (χ1v) is 9.31. The molecule has 2 rings (SSSR count). The van der Waals surface area contributed by atoms with Crippen molar-refractivity contribution in [2.24, 2.45) is 0 Å². The molecule has 2 heterocycles. The van der Waals surface area contributed by atoms with Gasteiger partial charge in [0.05, 0.1) is 24.5 Å². The van der Waals surface area contributed by atoms with E-state index in [0.717, 1.165) is 22.2 Å². The molecule has 0 spiro atoms. The minimum absolute atomic E-state index is 0.0693. The summed E-state index contributed by atoms with van der Waals surface area (Å²) in [6, 6.07) is 1.25. The SMILES string of the molecule is COC(=O)c1c(NC(=O)C(C)n2c(N)nnc2SCC#N)sc(C)c1C. The first-order chi connectivity index (χ1) is 12.3. The summed E-state index contributed by atoms with van der Waals surface area (Å²) in [5.74, 6) is -0.673. The third kappa shape index (κ3) is 3.81. The molecule has 0 bridgehead atoms. The van der Waals surface area contributed by atoms with Gasteiger partial charge in [0, 0.05) is 4.88 Å². The number of thioether (sulfide) groups is 1. The number of hydrogen-bond donors (Lipinski definition) is 2. The van der Waals surface area contributed by atoms with Crippen molar-refractivity contribution in [2.45, 2.75) is 32.0 Å². The van der Waals surface area contributed by atoms with Crippen LogP contribution in [0.3, 0.4) is 0 Å². The Morgan fingerprint density at radius 1 is 1.46 bits per heavy atom. The van der Waals surface area contributed by atoms with Gasteiger partial charge in [-0.25, -0.2) is 4.79 Å². The predicted octanol–water partition coefficient (Wildman–Crippen LogP) is 2.14. The lowest BCUT2D eigenvalue weighted by molar-refractivity contribution is -0.118. The molecule has 1 amide bonds. The maximum Gasteiger partial charge on any atom is 0.341 e. The molecule has 138 valence electrons. The van der Waals surface area contributed by atoms with Crippen molar-refractivity contribution in [3.63, 3.8) is 0 Å². The van der Waals surface area contributed by atoms with Crippen LogP contribution in [0.2, 0.25) is 0 Å². The Kier molecular flexibility index (Phi) is 6.23. The van der Waals surface area contributed by atoms with Gasteiger partial charge in [0.15, 0.2) is 5.16 Å². The number of aromatic nitrogens is 3. The number of anilines is 2. The van der Waals surface area contributed by atoms with Gasteiger partial charge in [-0.15, -0.1) is 21.5 Å². The molecule has 0 radical (unpaired) electrons. The van der Waals surface area contributed by atoms with Crippen molar-refractivity contribution >= 4 is 45.9 Å². The summed E-state index contributed by atoms with van der Waals surface area (Å²) in [7, 11) is 1.29. The lowest BCUT2D eigenvalue weighted by Crippen LogP contribution is -2.25. The van der Waals surface area contributed by atoms with Gasteiger partial charge in [0.1, 0.15) is 11.0 Å². The average Bonchev–Trinajstić information content (AvgIpc) is 3.11. The van der Waals surface area contributed by atoms with Crippen LogP contribution < -0.4 is 11.1 Å². The summed E-state index contributed by atoms with van der Waals surface area (Å²) in [6.45, 7) is 5.29. The van der Waals surface area contributed by atoms with Crippen LogP contribution in [-0.2, 0) is 9.53 Å². The maximum atomic E-state index is 12.7. The number of carbonyl (C=O) groups excluding carboxylic acids is 2. The highest BCUT2D eigenvalue weighted by Crippen LogP contribution is 2.34. The molecule has 1 atom stereocenters. The zero-order chi connectivity index (χ0) is 19.4. The van der Waals surface area contributed by atoms with E-state index in [2.05, 4.69) is 15.5 Å². The van der Waals surface area contributed by atoms with Gasteiger partial charge >= 0.3 is 5.97 Å². The van der Waals surface area contributed by atoms with Crippen molar-refractivity contribution in [3.8, 4) is 6.07 Å². The molecule has 0 aliphatic rings. The number of ether oxygens (including phenoxy) is 1. The first-order valence-electron chi connectivity index (χ1n) is 7.51. The van der Waals surface area contributed by atoms with Crippen LogP contribution in [0.1, 0.15) is 33.8 Å². The van der Waals surface area contributed by atoms with Gasteiger partial charge < -0.3 is 15.8 Å². The number of esters is 1. The standard InChI is InChI=1S/C15H18N6O3S2/c1-7-9(3)26-12(10(7)13(23)24-4)18-11(22)8(2)21-14(17)19-20-15(21)25-6-5-16/h8H,6H2,1-4H3,(H2,17,19)(H,18,22). The van der Waals surface area contributed by atoms with E-state index < -0.39 is 12.0 Å². The van der Waals surface area contributed by atoms with Gasteiger partial charge in [-0.05, 0) is 26.3 Å². The fraction of sp³-hybridized carbons (Fsp3) is 0.400. The molecule has 0 aliphatic carbocycles. The number of amides is 1. The summed E-state index contributed by atoms with van der Waals surface area (Å²) >= 11 is 2.43. The molecule has 2 aromatic rings. The normalized spacial score (nSPS) is 11.7. The van der Waals surface area contributed by atoms with E-state index in [0.29, 0.717) is 15.7 Å². The molecule has 9 nitrogen and oxygen atoms in total. The lowest BCUT2D eigenvalue weighted by Gasteiger charge is -2.16. The van der Waals surface area contributed by atoms with Crippen LogP contribution in [0.5, 0.6) is 0 Å². The summed E-state index contributed by atoms with van der Waals surface area (Å²) in [4.78, 5) is 25.6. The zero-order valence-corrected chi connectivity index (χ0v) is 16.3. The Labute approximate surface area is 158 Å². The van der Waals surface area contributed by atoms with E-state index in [1.165, 1.54) is 23.0 Å². The number of nitrogens with zero attached hydrogens (tertiary/aromatic N) is 4. The third-order valence-corrected chi connectivity index (χ3v) is 5.67. The summed E-state index contributed by atoms with van der Waals surface area (Å²) in [5, 5.41) is 19.9. The number of methoxy groups -OCH3 is 1. The summed E-state index contributed by atoms with van der Waals surface area (Å²) < 4.78 is 6.25. The van der Waals surface area contributed by atoms with Crippen LogP contribution in [0.25, 0.3) is 0 Å². The molecule has 0 saturated carbocycles. The number of carbonyl (C=O) groups is 2. The van der Waals surface area contributed by atoms with Crippen LogP contribution in [-0.4, -0.2) is 39.5 Å². The number of aryl methyl sites for hydroxylation is 1. The third-order valence-electron chi connectivity index (χ3n) is 3.74. The van der Waals surface area contributed by atoms with E-state index in [1.807, 2.05) is 13.0 Å². The molecule has 0 saturated heterocycles. The Balaban J connectivity index is 2.29. The molecule has 11 heteroatoms. The fourth-order valence-corrected chi connectivity index (χ4v) is 3.98. The molecular formula is C15H18N6O3S2. The monoisotopic (exact) mass is 394 g/mol. The average molecular weight is 394 g/mol. The number of nitrogens with one attached hydrogen (secondary N) is 1. The minimum Gasteiger partial charge on any atom is -0.465 e. The molecule has 1 unspecified atom stereocenters. The Morgan fingerprint density at radius 2 is 2.15 bits per heavy atom. The lowest BCUT2D eigenvalue weighted by atomic mass is 10.1. The second kappa shape index (κ2) is 8.20. The van der Waals surface area contributed by atoms with Gasteiger partial charge in [-0.3, -0.25) is 9.36 Å². The highest BCUT2D eigenvalue weighted by Gasteiger charge is 2.26. The summed E-state index contributed by atoms with van der Waals surface area (Å²) in [5.41, 5.74) is 6.92. The molecular weight excluding hydrogens is 376 g/mol. The quantitative estimate of drug-likeness (QED) is 0.562. The fourth-order valence-electron chi connectivity index (χ4n) is 2.24. The van der Waals surface area contributed by atoms with E-state index in [-0.39, 0.29) is 17.6 Å². The molecule has 2 aromatic heterocycles. The number of nitrogens with two attached hydrogens (primary N) is 1. The van der Waals surface area contributed by atoms with Crippen molar-refractivity contribution in [2.75, 3.05) is 23.9 Å². The van der Waals surface area contributed by atoms with Crippen LogP contribution in [0.15, 0.2) is 5.16 Å². The van der Waals surface area contributed by atoms with Crippen molar-refractivity contribution in [1.29, 1.82) is 5.26 Å². The van der Waals surface area contributed by atoms with Crippen LogP contribution in [0.4, 0.5) is 10.9 Å². The van der Waals surface area contributed by atoms with Crippen molar-refractivity contribution < 1.29 is 14.3 Å². The van der Waals surface area contributed by atoms with Crippen LogP contribution in [0, 0.1) is 25.2 Å². The van der Waals surface area contributed by atoms with Crippen LogP contribution >= 0.6 is 23.1 Å². The largest absolute Gasteiger partial charge is 0.465 e. The van der Waals surface area contributed by atoms with Crippen molar-refractivity contribution in [3.05, 3.63) is 16.0 Å². The highest BCUT2D eigenvalue weighted by atomic mass is 32.2. The molecule has 3 N–H and O–H groups in total. The Hall–Kier alpha value is -2.58. The van der Waals surface area contributed by atoms with Gasteiger partial charge in [0.2, 0.25) is 11.9 Å². The Bertz CT molecular complexity index is 883. The van der Waals surface area contributed by atoms with E-state index in [9.17, 15) is 9.59 Å². The van der Waals surface area contributed by atoms with Gasteiger partial charge in [-0.1, -0.05) is 11.8 Å². The topological polar surface area (TPSA) is 136 Å². The number of rotatable bonds is 6. The predicted molar refractivity (Wildman–Crippen MR) is 99.2 cm³/mol. The van der Waals surface area contributed by atoms with E-state index in [4.69, 9.17) is 15.7 Å². The minimum atomic E-state index is -0.737. The van der Waals surface area contributed by atoms with Crippen molar-refractivity contribution in [1.82, 2.24) is 14.8 Å². The number of hydrogen-bond acceptors (Lipinski definition) is 9. The smallest absolute Gasteiger partial charge is 0.341 e. The summed E-state index contributed by atoms with van der Waals surface area (Å²) in [6.07, 6.45) is 0. The highest BCUT2D eigenvalue weighted by molar-refractivity contribution is 7.99. The van der Waals surface area contributed by atoms with Gasteiger partial charge in [-0.2, -0.15) is 5.26 Å². The number of nitrogen functional groups attached to an aromatic ring is 1. The second-order valence-electron chi connectivity index (χ2n) is 5.30.